The number of hydrogen-bond acceptors (Lipinski definition) is 6. The zero-order chi connectivity index (χ0) is 28.8. The molecule has 1 fully saturated rings. The highest BCUT2D eigenvalue weighted by molar-refractivity contribution is 7.92. The van der Waals surface area contributed by atoms with Crippen LogP contribution in [0.15, 0.2) is 69.1 Å². The van der Waals surface area contributed by atoms with Crippen molar-refractivity contribution >= 4 is 38.5 Å². The van der Waals surface area contributed by atoms with E-state index in [4.69, 9.17) is 9.52 Å². The summed E-state index contributed by atoms with van der Waals surface area (Å²) in [7, 11) is -3.97. The Morgan fingerprint density at radius 1 is 1.05 bits per heavy atom. The predicted octanol–water partition coefficient (Wildman–Crippen LogP) is 6.28. The summed E-state index contributed by atoms with van der Waals surface area (Å²) >= 11 is 0. The molecule has 1 aliphatic carbocycles. The quantitative estimate of drug-likeness (QED) is 0.253. The van der Waals surface area contributed by atoms with Gasteiger partial charge in [0.2, 0.25) is 0 Å². The van der Waals surface area contributed by atoms with Crippen LogP contribution in [0.4, 0.5) is 5.82 Å². The lowest BCUT2D eigenvalue weighted by Crippen LogP contribution is -2.40. The van der Waals surface area contributed by atoms with Crippen LogP contribution >= 0.6 is 0 Å². The largest absolute Gasteiger partial charge is 0.359 e. The molecule has 6 rings (SSSR count). The Bertz CT molecular complexity index is 1760. The topological polar surface area (TPSA) is 110 Å². The average molecular weight is 574 g/mol. The van der Waals surface area contributed by atoms with Crippen molar-refractivity contribution in [2.24, 2.45) is 4.99 Å². The number of nitrogens with zero attached hydrogens (tertiary/aromatic N) is 4. The lowest BCUT2D eigenvalue weighted by atomic mass is 9.98. The third-order valence-corrected chi connectivity index (χ3v) is 9.82. The molecule has 1 aliphatic heterocycles. The number of aryl methyl sites for hydroxylation is 1. The second kappa shape index (κ2) is 10.5. The van der Waals surface area contributed by atoms with Crippen molar-refractivity contribution in [2.45, 2.75) is 82.7 Å². The number of benzene rings is 2. The first kappa shape index (κ1) is 27.3. The van der Waals surface area contributed by atoms with Crippen molar-refractivity contribution < 1.29 is 17.7 Å². The zero-order valence-electron chi connectivity index (χ0n) is 23.7. The van der Waals surface area contributed by atoms with Crippen molar-refractivity contribution in [2.75, 3.05) is 4.72 Å². The van der Waals surface area contributed by atoms with E-state index in [1.54, 1.807) is 32.0 Å². The van der Waals surface area contributed by atoms with E-state index in [9.17, 15) is 13.2 Å². The molecule has 1 spiro atoms. The number of aromatic nitrogens is 2. The number of nitrogens with one attached hydrogen (secondary N) is 1. The highest BCUT2D eigenvalue weighted by Gasteiger charge is 2.49. The summed E-state index contributed by atoms with van der Waals surface area (Å²) in [6.45, 7) is 6.09. The number of carbonyl (C=O) groups is 1. The lowest BCUT2D eigenvalue weighted by molar-refractivity contribution is -0.131. The summed E-state index contributed by atoms with van der Waals surface area (Å²) in [5.74, 6) is 1.75. The van der Waals surface area contributed by atoms with Crippen LogP contribution in [-0.4, -0.2) is 40.3 Å². The lowest BCUT2D eigenvalue weighted by Gasteiger charge is -2.23. The van der Waals surface area contributed by atoms with Gasteiger partial charge in [0.05, 0.1) is 17.7 Å². The molecule has 214 valence electrons. The van der Waals surface area contributed by atoms with Crippen molar-refractivity contribution in [1.82, 2.24) is 14.6 Å². The first-order valence-corrected chi connectivity index (χ1v) is 15.8. The molecule has 9 nitrogen and oxygen atoms in total. The van der Waals surface area contributed by atoms with Gasteiger partial charge in [0, 0.05) is 23.6 Å². The van der Waals surface area contributed by atoms with Crippen LogP contribution in [0.2, 0.25) is 0 Å². The molecule has 2 aromatic carbocycles. The van der Waals surface area contributed by atoms with E-state index in [0.29, 0.717) is 23.6 Å². The van der Waals surface area contributed by atoms with Crippen LogP contribution in [0.1, 0.15) is 68.8 Å². The summed E-state index contributed by atoms with van der Waals surface area (Å²) < 4.78 is 36.7. The normalized spacial score (nSPS) is 16.7. The molecular formula is C31H35N5O4S. The first-order chi connectivity index (χ1) is 19.7. The average Bonchev–Trinajstić information content (AvgIpc) is 3.74. The summed E-state index contributed by atoms with van der Waals surface area (Å²) in [4.78, 5) is 20.8. The summed E-state index contributed by atoms with van der Waals surface area (Å²) in [5.41, 5.74) is 2.43. The molecule has 10 heteroatoms. The summed E-state index contributed by atoms with van der Waals surface area (Å²) in [6.07, 6.45) is 8.43. The Hall–Kier alpha value is -3.92. The summed E-state index contributed by atoms with van der Waals surface area (Å²) in [5, 5.41) is 4.84. The molecule has 3 heterocycles. The van der Waals surface area contributed by atoms with Gasteiger partial charge in [-0.1, -0.05) is 55.6 Å². The molecule has 2 aliphatic rings. The molecule has 41 heavy (non-hydrogen) atoms. The minimum Gasteiger partial charge on any atom is -0.359 e. The predicted molar refractivity (Wildman–Crippen MR) is 159 cm³/mol. The SMILES string of the molecule is CCCCC1=NC2(CCCC2)C(=O)N1Cc1cccc2c1ccn2-c1ccccc1S(=O)(=O)Nc1noc(C)c1C. The van der Waals surface area contributed by atoms with Gasteiger partial charge in [0.1, 0.15) is 22.0 Å². The van der Waals surface area contributed by atoms with Crippen LogP contribution in [0, 0.1) is 13.8 Å². The highest BCUT2D eigenvalue weighted by Crippen LogP contribution is 2.40. The fourth-order valence-electron chi connectivity index (χ4n) is 6.03. The van der Waals surface area contributed by atoms with Crippen LogP contribution in [0.3, 0.4) is 0 Å². The third-order valence-electron chi connectivity index (χ3n) is 8.44. The van der Waals surface area contributed by atoms with Crippen molar-refractivity contribution in [3.05, 3.63) is 71.6 Å². The van der Waals surface area contributed by atoms with E-state index < -0.39 is 15.6 Å². The molecule has 1 amide bonds. The number of fused-ring (bicyclic) bond motifs is 1. The fourth-order valence-corrected chi connectivity index (χ4v) is 7.28. The van der Waals surface area contributed by atoms with E-state index in [0.717, 1.165) is 67.2 Å². The molecule has 1 N–H and O–H groups in total. The molecule has 1 saturated carbocycles. The molecule has 0 saturated heterocycles. The first-order valence-electron chi connectivity index (χ1n) is 14.3. The molecule has 4 aromatic rings. The fraction of sp³-hybridized carbons (Fsp3) is 0.387. The number of hydrogen-bond donors (Lipinski definition) is 1. The van der Waals surface area contributed by atoms with E-state index >= 15 is 0 Å². The van der Waals surface area contributed by atoms with Gasteiger partial charge in [0.25, 0.3) is 15.9 Å². The van der Waals surface area contributed by atoms with E-state index in [1.165, 1.54) is 0 Å². The highest BCUT2D eigenvalue weighted by atomic mass is 32.2. The number of anilines is 1. The van der Waals surface area contributed by atoms with Crippen LogP contribution in [0.5, 0.6) is 0 Å². The minimum absolute atomic E-state index is 0.120. The molecule has 0 bridgehead atoms. The van der Waals surface area contributed by atoms with Crippen molar-refractivity contribution in [1.29, 1.82) is 0 Å². The maximum atomic E-state index is 13.7. The monoisotopic (exact) mass is 573 g/mol. The second-order valence-corrected chi connectivity index (χ2v) is 12.7. The van der Waals surface area contributed by atoms with Gasteiger partial charge in [0.15, 0.2) is 5.82 Å². The Morgan fingerprint density at radius 2 is 1.83 bits per heavy atom. The number of amidine groups is 1. The van der Waals surface area contributed by atoms with Gasteiger partial charge in [-0.05, 0) is 62.9 Å². The smallest absolute Gasteiger partial charge is 0.265 e. The number of aliphatic imine (C=N–C) groups is 1. The van der Waals surface area contributed by atoms with Crippen molar-refractivity contribution in [3.63, 3.8) is 0 Å². The molecule has 0 radical (unpaired) electrons. The Labute approximate surface area is 240 Å². The van der Waals surface area contributed by atoms with Crippen molar-refractivity contribution in [3.8, 4) is 5.69 Å². The molecule has 0 atom stereocenters. The molecular weight excluding hydrogens is 538 g/mol. The van der Waals surface area contributed by atoms with Gasteiger partial charge < -0.3 is 9.09 Å². The van der Waals surface area contributed by atoms with E-state index in [-0.39, 0.29) is 16.6 Å². The van der Waals surface area contributed by atoms with Gasteiger partial charge in [-0.15, -0.1) is 0 Å². The second-order valence-electron chi connectivity index (χ2n) is 11.1. The standard InChI is InChI=1S/C31H35N5O4S/c1-4-5-15-28-32-31(17-8-9-18-31)30(37)36(28)20-23-11-10-13-25-24(23)16-19-35(25)26-12-6-7-14-27(26)41(38,39)34-29-21(2)22(3)40-33-29/h6-7,10-14,16,19H,4-5,8-9,15,17-18,20H2,1-3H3,(H,33,34). The number of rotatable bonds is 9. The molecule has 2 aromatic heterocycles. The molecule has 0 unspecified atom stereocenters. The summed E-state index contributed by atoms with van der Waals surface area (Å²) in [6, 6.07) is 14.8. The zero-order valence-corrected chi connectivity index (χ0v) is 24.5. The van der Waals surface area contributed by atoms with Crippen LogP contribution in [0.25, 0.3) is 16.6 Å². The Morgan fingerprint density at radius 3 is 2.56 bits per heavy atom. The van der Waals surface area contributed by atoms with E-state index in [1.807, 2.05) is 46.0 Å². The van der Waals surface area contributed by atoms with E-state index in [2.05, 4.69) is 16.8 Å². The number of carbonyl (C=O) groups excluding carboxylic acids is 1. The van der Waals surface area contributed by atoms with Gasteiger partial charge in [-0.2, -0.15) is 0 Å². The van der Waals surface area contributed by atoms with Crippen LogP contribution < -0.4 is 4.72 Å². The number of sulfonamides is 1. The van der Waals surface area contributed by atoms with Gasteiger partial charge in [-0.3, -0.25) is 19.4 Å². The maximum Gasteiger partial charge on any atom is 0.265 e. The number of amides is 1. The van der Waals surface area contributed by atoms with Gasteiger partial charge in [-0.25, -0.2) is 8.42 Å². The van der Waals surface area contributed by atoms with Crippen LogP contribution in [-0.2, 0) is 21.4 Å². The minimum atomic E-state index is -3.97. The Kier molecular flexibility index (Phi) is 6.97. The maximum absolute atomic E-state index is 13.7. The number of para-hydroxylation sites is 1. The van der Waals surface area contributed by atoms with Gasteiger partial charge >= 0.3 is 0 Å². The number of unbranched alkanes of at least 4 members (excludes halogenated alkanes) is 1. The third kappa shape index (κ3) is 4.73. The Balaban J connectivity index is 1.36.